The minimum Gasteiger partial charge on any atom is -0.335 e. The number of rotatable bonds is 6. The van der Waals surface area contributed by atoms with E-state index in [0.29, 0.717) is 10.1 Å². The first-order valence-electron chi connectivity index (χ1n) is 9.72. The number of anilines is 1. The van der Waals surface area contributed by atoms with Crippen LogP contribution < -0.4 is 4.72 Å². The summed E-state index contributed by atoms with van der Waals surface area (Å²) in [7, 11) is -2.57. The lowest BCUT2D eigenvalue weighted by atomic mass is 10.1. The molecule has 0 spiro atoms. The number of sulfonamides is 1. The molecule has 1 amide bonds. The number of nitrogens with zero attached hydrogens (tertiary/aromatic N) is 3. The van der Waals surface area contributed by atoms with Crippen molar-refractivity contribution in [1.29, 1.82) is 0 Å². The van der Waals surface area contributed by atoms with Gasteiger partial charge >= 0.3 is 0 Å². The fraction of sp³-hybridized carbons (Fsp3) is 0.136. The van der Waals surface area contributed by atoms with Gasteiger partial charge in [-0.15, -0.1) is 0 Å². The van der Waals surface area contributed by atoms with Gasteiger partial charge in [0.05, 0.1) is 33.6 Å². The second-order valence-corrected chi connectivity index (χ2v) is 10.2. The highest BCUT2D eigenvalue weighted by Gasteiger charge is 2.26. The molecule has 7 nitrogen and oxygen atoms in total. The fourth-order valence-corrected chi connectivity index (χ4v) is 5.38. The third-order valence-corrected chi connectivity index (χ3v) is 7.53. The van der Waals surface area contributed by atoms with Gasteiger partial charge in [0.15, 0.2) is 5.03 Å². The molecule has 0 aliphatic carbocycles. The molecular formula is C22H18ClFN4O3S2. The van der Waals surface area contributed by atoms with Crippen LogP contribution in [0.5, 0.6) is 0 Å². The lowest BCUT2D eigenvalue weighted by Gasteiger charge is -2.26. The predicted octanol–water partition coefficient (Wildman–Crippen LogP) is 5.12. The van der Waals surface area contributed by atoms with E-state index >= 15 is 0 Å². The first-order chi connectivity index (χ1) is 15.7. The first kappa shape index (κ1) is 23.1. The summed E-state index contributed by atoms with van der Waals surface area (Å²) in [6.07, 6.45) is 2.82. The summed E-state index contributed by atoms with van der Waals surface area (Å²) in [5, 5.41) is 0.439. The number of hydrogen-bond acceptors (Lipinski definition) is 6. The number of aromatic nitrogens is 2. The quantitative estimate of drug-likeness (QED) is 0.393. The molecule has 1 N–H and O–H groups in total. The van der Waals surface area contributed by atoms with Crippen molar-refractivity contribution in [2.24, 2.45) is 0 Å². The van der Waals surface area contributed by atoms with E-state index in [1.165, 1.54) is 47.6 Å². The van der Waals surface area contributed by atoms with Crippen molar-refractivity contribution in [3.8, 4) is 0 Å². The molecule has 170 valence electrons. The van der Waals surface area contributed by atoms with Crippen molar-refractivity contribution in [1.82, 2.24) is 14.3 Å². The number of benzene rings is 2. The highest BCUT2D eigenvalue weighted by molar-refractivity contribution is 7.92. The van der Waals surface area contributed by atoms with Crippen LogP contribution in [0.25, 0.3) is 10.1 Å². The zero-order chi connectivity index (χ0) is 23.8. The lowest BCUT2D eigenvalue weighted by Crippen LogP contribution is -2.30. The molecule has 2 aromatic heterocycles. The molecule has 0 aliphatic rings. The van der Waals surface area contributed by atoms with Crippen molar-refractivity contribution >= 4 is 54.8 Å². The molecule has 11 heteroatoms. The summed E-state index contributed by atoms with van der Waals surface area (Å²) >= 11 is 7.26. The van der Waals surface area contributed by atoms with Gasteiger partial charge in [-0.3, -0.25) is 9.52 Å². The molecule has 0 fully saturated rings. The Labute approximate surface area is 199 Å². The molecule has 2 aromatic carbocycles. The number of fused-ring (bicyclic) bond motifs is 1. The van der Waals surface area contributed by atoms with Gasteiger partial charge < -0.3 is 4.90 Å². The molecule has 0 radical (unpaired) electrons. The smallest absolute Gasteiger partial charge is 0.280 e. The Morgan fingerprint density at radius 2 is 1.91 bits per heavy atom. The minimum absolute atomic E-state index is 0.0210. The number of hydrogen-bond donors (Lipinski definition) is 1. The number of pyridine rings is 1. The van der Waals surface area contributed by atoms with Crippen molar-refractivity contribution in [3.05, 3.63) is 82.9 Å². The monoisotopic (exact) mass is 504 g/mol. The summed E-state index contributed by atoms with van der Waals surface area (Å²) in [4.78, 5) is 18.8. The van der Waals surface area contributed by atoms with E-state index in [1.54, 1.807) is 32.2 Å². The Hall–Kier alpha value is -3.08. The second kappa shape index (κ2) is 9.05. The topological polar surface area (TPSA) is 92.3 Å². The molecule has 0 saturated heterocycles. The Kier molecular flexibility index (Phi) is 6.33. The Morgan fingerprint density at radius 1 is 1.18 bits per heavy atom. The van der Waals surface area contributed by atoms with Crippen LogP contribution in [0.2, 0.25) is 5.02 Å². The van der Waals surface area contributed by atoms with Crippen LogP contribution in [0.1, 0.15) is 28.9 Å². The SMILES string of the molecule is CC(c1ccc(F)cc1)N(C)C(=O)c1ccc(Cl)cc1NS(=O)(=O)c1nccc2sncc12. The van der Waals surface area contributed by atoms with Crippen molar-refractivity contribution < 1.29 is 17.6 Å². The molecule has 0 bridgehead atoms. The van der Waals surface area contributed by atoms with Crippen LogP contribution in [-0.4, -0.2) is 35.6 Å². The van der Waals surface area contributed by atoms with Crippen molar-refractivity contribution in [3.63, 3.8) is 0 Å². The standard InChI is InChI=1S/C22H18ClFN4O3S2/c1-13(14-3-6-16(24)7-4-14)28(2)22(29)17-8-5-15(23)11-19(17)27-33(30,31)21-18-12-26-32-20(18)9-10-25-21/h3-13,27H,1-2H3. The molecule has 1 unspecified atom stereocenters. The summed E-state index contributed by atoms with van der Waals surface area (Å²) in [5.41, 5.74) is 0.854. The van der Waals surface area contributed by atoms with Gasteiger partial charge in [-0.2, -0.15) is 12.8 Å². The van der Waals surface area contributed by atoms with Crippen LogP contribution >= 0.6 is 23.1 Å². The van der Waals surface area contributed by atoms with E-state index in [-0.39, 0.29) is 27.1 Å². The maximum absolute atomic E-state index is 13.3. The maximum atomic E-state index is 13.3. The largest absolute Gasteiger partial charge is 0.335 e. The molecule has 4 aromatic rings. The van der Waals surface area contributed by atoms with Gasteiger partial charge in [0.2, 0.25) is 0 Å². The molecule has 0 aliphatic heterocycles. The van der Waals surface area contributed by atoms with Gasteiger partial charge in [-0.25, -0.2) is 9.37 Å². The Balaban J connectivity index is 1.68. The van der Waals surface area contributed by atoms with E-state index in [2.05, 4.69) is 14.1 Å². The molecule has 4 rings (SSSR count). The van der Waals surface area contributed by atoms with Gasteiger partial charge in [-0.1, -0.05) is 23.7 Å². The second-order valence-electron chi connectivity index (χ2n) is 7.29. The highest BCUT2D eigenvalue weighted by Crippen LogP contribution is 2.30. The predicted molar refractivity (Wildman–Crippen MR) is 127 cm³/mol. The summed E-state index contributed by atoms with van der Waals surface area (Å²) < 4.78 is 46.7. The fourth-order valence-electron chi connectivity index (χ4n) is 3.30. The van der Waals surface area contributed by atoms with Gasteiger partial charge in [0.25, 0.3) is 15.9 Å². The Morgan fingerprint density at radius 3 is 2.64 bits per heavy atom. The van der Waals surface area contributed by atoms with E-state index in [9.17, 15) is 17.6 Å². The third-order valence-electron chi connectivity index (χ3n) is 5.21. The number of carbonyl (C=O) groups excluding carboxylic acids is 1. The van der Waals surface area contributed by atoms with Crippen LogP contribution in [-0.2, 0) is 10.0 Å². The van der Waals surface area contributed by atoms with Crippen LogP contribution in [0.15, 0.2) is 66.0 Å². The van der Waals surface area contributed by atoms with Crippen LogP contribution in [0.4, 0.5) is 10.1 Å². The van der Waals surface area contributed by atoms with Gasteiger partial charge in [-0.05, 0) is 60.4 Å². The highest BCUT2D eigenvalue weighted by atomic mass is 35.5. The number of amides is 1. The van der Waals surface area contributed by atoms with Crippen LogP contribution in [0.3, 0.4) is 0 Å². The van der Waals surface area contributed by atoms with E-state index in [0.717, 1.165) is 17.1 Å². The lowest BCUT2D eigenvalue weighted by molar-refractivity contribution is 0.0743. The maximum Gasteiger partial charge on any atom is 0.280 e. The average molecular weight is 505 g/mol. The van der Waals surface area contributed by atoms with E-state index in [4.69, 9.17) is 11.6 Å². The van der Waals surface area contributed by atoms with E-state index < -0.39 is 22.0 Å². The summed E-state index contributed by atoms with van der Waals surface area (Å²) in [5.74, 6) is -0.816. The first-order valence-corrected chi connectivity index (χ1v) is 12.4. The van der Waals surface area contributed by atoms with Crippen LogP contribution in [0, 0.1) is 5.82 Å². The molecule has 0 saturated carbocycles. The zero-order valence-corrected chi connectivity index (χ0v) is 19.9. The normalized spacial score (nSPS) is 12.5. The summed E-state index contributed by atoms with van der Waals surface area (Å²) in [6.45, 7) is 1.79. The Bertz CT molecular complexity index is 1440. The van der Waals surface area contributed by atoms with Gasteiger partial charge in [0.1, 0.15) is 5.82 Å². The minimum atomic E-state index is -4.15. The van der Waals surface area contributed by atoms with Crippen molar-refractivity contribution in [2.75, 3.05) is 11.8 Å². The zero-order valence-electron chi connectivity index (χ0n) is 17.5. The van der Waals surface area contributed by atoms with Crippen molar-refractivity contribution in [2.45, 2.75) is 18.0 Å². The third kappa shape index (κ3) is 4.68. The van der Waals surface area contributed by atoms with E-state index in [1.807, 2.05) is 0 Å². The summed E-state index contributed by atoms with van der Waals surface area (Å²) in [6, 6.07) is 11.4. The molecule has 2 heterocycles. The average Bonchev–Trinajstić information content (AvgIpc) is 3.27. The number of halogens is 2. The number of nitrogens with one attached hydrogen (secondary N) is 1. The molecular weight excluding hydrogens is 487 g/mol. The van der Waals surface area contributed by atoms with Gasteiger partial charge in [0, 0.05) is 18.3 Å². The molecule has 1 atom stereocenters. The molecule has 33 heavy (non-hydrogen) atoms. The number of carbonyl (C=O) groups is 1.